The van der Waals surface area contributed by atoms with Gasteiger partial charge in [-0.1, -0.05) is 107 Å². The maximum absolute atomic E-state index is 15.0. The Bertz CT molecular complexity index is 1150. The van der Waals surface area contributed by atoms with E-state index in [2.05, 4.69) is 6.92 Å². The molecule has 3 aromatic carbocycles. The number of rotatable bonds is 15. The molecule has 0 nitrogen and oxygen atoms in total. The van der Waals surface area contributed by atoms with E-state index in [0.717, 1.165) is 37.3 Å². The zero-order chi connectivity index (χ0) is 27.5. The standard InChI is InChI=1S/C33H39F5/c1-3-5-7-9-10-12-24-13-15-25(16-14-24)26-17-19-28(30(34)22-26)29-20-18-27(31(35)32(29)36)23-33(37,38)21-11-8-6-4-2/h13-20,22H,3-12,21,23H2,1-2H3. The van der Waals surface area contributed by atoms with Crippen LogP contribution in [0, 0.1) is 17.5 Å². The zero-order valence-electron chi connectivity index (χ0n) is 22.6. The van der Waals surface area contributed by atoms with E-state index in [1.165, 1.54) is 49.4 Å². The first-order chi connectivity index (χ1) is 18.3. The normalized spacial score (nSPS) is 11.8. The molecule has 0 aliphatic rings. The van der Waals surface area contributed by atoms with Crippen LogP contribution in [0.4, 0.5) is 22.0 Å². The molecule has 0 aliphatic carbocycles. The van der Waals surface area contributed by atoms with Gasteiger partial charge in [0.15, 0.2) is 11.6 Å². The van der Waals surface area contributed by atoms with E-state index in [-0.39, 0.29) is 17.5 Å². The first kappa shape index (κ1) is 29.9. The third-order valence-corrected chi connectivity index (χ3v) is 7.12. The summed E-state index contributed by atoms with van der Waals surface area (Å²) in [5, 5.41) is 0. The van der Waals surface area contributed by atoms with Crippen LogP contribution < -0.4 is 0 Å². The van der Waals surface area contributed by atoms with Crippen molar-refractivity contribution in [1.29, 1.82) is 0 Å². The van der Waals surface area contributed by atoms with Crippen LogP contribution in [-0.2, 0) is 12.8 Å². The fraction of sp³-hybridized carbons (Fsp3) is 0.455. The van der Waals surface area contributed by atoms with Gasteiger partial charge in [0.1, 0.15) is 5.82 Å². The Kier molecular flexibility index (Phi) is 11.4. The van der Waals surface area contributed by atoms with Gasteiger partial charge in [0.05, 0.1) is 0 Å². The molecule has 38 heavy (non-hydrogen) atoms. The zero-order valence-corrected chi connectivity index (χ0v) is 22.6. The van der Waals surface area contributed by atoms with E-state index >= 15 is 4.39 Å². The highest BCUT2D eigenvalue weighted by Crippen LogP contribution is 2.34. The first-order valence-corrected chi connectivity index (χ1v) is 14.0. The molecule has 0 fully saturated rings. The van der Waals surface area contributed by atoms with Crippen molar-refractivity contribution in [2.45, 2.75) is 96.8 Å². The van der Waals surface area contributed by atoms with Crippen LogP contribution in [0.25, 0.3) is 22.3 Å². The van der Waals surface area contributed by atoms with Gasteiger partial charge in [-0.25, -0.2) is 22.0 Å². The molecule has 0 aliphatic heterocycles. The van der Waals surface area contributed by atoms with Gasteiger partial charge in [-0.3, -0.25) is 0 Å². The molecule has 0 saturated carbocycles. The number of aryl methyl sites for hydroxylation is 1. The lowest BCUT2D eigenvalue weighted by atomic mass is 9.95. The molecule has 0 aromatic heterocycles. The van der Waals surface area contributed by atoms with Crippen LogP contribution in [0.15, 0.2) is 54.6 Å². The van der Waals surface area contributed by atoms with Gasteiger partial charge in [-0.15, -0.1) is 0 Å². The van der Waals surface area contributed by atoms with E-state index < -0.39 is 35.4 Å². The minimum atomic E-state index is -3.12. The fourth-order valence-electron chi connectivity index (χ4n) is 4.82. The SMILES string of the molecule is CCCCCCCc1ccc(-c2ccc(-c3ccc(CC(F)(F)CCCCCC)c(F)c3F)c(F)c2)cc1. The summed E-state index contributed by atoms with van der Waals surface area (Å²) in [7, 11) is 0. The summed E-state index contributed by atoms with van der Waals surface area (Å²) in [6.07, 6.45) is 8.64. The van der Waals surface area contributed by atoms with E-state index in [1.54, 1.807) is 6.07 Å². The monoisotopic (exact) mass is 530 g/mol. The smallest absolute Gasteiger partial charge is 0.207 e. The van der Waals surface area contributed by atoms with Crippen molar-refractivity contribution in [3.63, 3.8) is 0 Å². The topological polar surface area (TPSA) is 0 Å². The third kappa shape index (κ3) is 8.41. The summed E-state index contributed by atoms with van der Waals surface area (Å²) in [4.78, 5) is 0. The summed E-state index contributed by atoms with van der Waals surface area (Å²) in [5.74, 6) is -6.47. The summed E-state index contributed by atoms with van der Waals surface area (Å²) < 4.78 is 73.4. The van der Waals surface area contributed by atoms with E-state index in [1.807, 2.05) is 31.2 Å². The van der Waals surface area contributed by atoms with Crippen LogP contribution in [0.5, 0.6) is 0 Å². The van der Waals surface area contributed by atoms with Crippen LogP contribution in [0.1, 0.15) is 89.2 Å². The highest BCUT2D eigenvalue weighted by molar-refractivity contribution is 5.71. The maximum Gasteiger partial charge on any atom is 0.252 e. The molecule has 3 aromatic rings. The Balaban J connectivity index is 1.70. The predicted octanol–water partition coefficient (Wildman–Crippen LogP) is 11.1. The Morgan fingerprint density at radius 3 is 1.87 bits per heavy atom. The molecule has 3 rings (SSSR count). The molecule has 0 heterocycles. The molecule has 0 amide bonds. The molecule has 5 heteroatoms. The average Bonchev–Trinajstić information content (AvgIpc) is 2.90. The highest BCUT2D eigenvalue weighted by Gasteiger charge is 2.31. The summed E-state index contributed by atoms with van der Waals surface area (Å²) in [6.45, 7) is 4.18. The number of halogens is 5. The number of alkyl halides is 2. The van der Waals surface area contributed by atoms with Crippen molar-refractivity contribution in [3.8, 4) is 22.3 Å². The Morgan fingerprint density at radius 2 is 1.21 bits per heavy atom. The summed E-state index contributed by atoms with van der Waals surface area (Å²) in [6, 6.07) is 14.6. The second kappa shape index (κ2) is 14.5. The molecule has 0 bridgehead atoms. The second-order valence-electron chi connectivity index (χ2n) is 10.3. The van der Waals surface area contributed by atoms with Crippen molar-refractivity contribution in [2.75, 3.05) is 0 Å². The first-order valence-electron chi connectivity index (χ1n) is 14.0. The van der Waals surface area contributed by atoms with E-state index in [0.29, 0.717) is 18.4 Å². The van der Waals surface area contributed by atoms with Gasteiger partial charge in [0.2, 0.25) is 0 Å². The summed E-state index contributed by atoms with van der Waals surface area (Å²) in [5.41, 5.74) is 1.90. The minimum absolute atomic E-state index is 0.105. The number of hydrogen-bond acceptors (Lipinski definition) is 0. The largest absolute Gasteiger partial charge is 0.252 e. The fourth-order valence-corrected chi connectivity index (χ4v) is 4.82. The number of unbranched alkanes of at least 4 members (excludes halogenated alkanes) is 7. The molecule has 0 radical (unpaired) electrons. The lowest BCUT2D eigenvalue weighted by molar-refractivity contribution is -0.0103. The quantitative estimate of drug-likeness (QED) is 0.135. The molecule has 0 spiro atoms. The average molecular weight is 531 g/mol. The van der Waals surface area contributed by atoms with Gasteiger partial charge in [-0.05, 0) is 47.6 Å². The van der Waals surface area contributed by atoms with Crippen LogP contribution in [-0.4, -0.2) is 5.92 Å². The minimum Gasteiger partial charge on any atom is -0.207 e. The van der Waals surface area contributed by atoms with E-state index in [4.69, 9.17) is 0 Å². The van der Waals surface area contributed by atoms with Gasteiger partial charge in [0, 0.05) is 24.0 Å². The van der Waals surface area contributed by atoms with Crippen molar-refractivity contribution >= 4 is 0 Å². The predicted molar refractivity (Wildman–Crippen MR) is 147 cm³/mol. The Hall–Kier alpha value is -2.69. The molecular weight excluding hydrogens is 491 g/mol. The maximum atomic E-state index is 15.0. The van der Waals surface area contributed by atoms with Crippen LogP contribution >= 0.6 is 0 Å². The molecule has 0 saturated heterocycles. The lowest BCUT2D eigenvalue weighted by Gasteiger charge is -2.18. The van der Waals surface area contributed by atoms with Gasteiger partial charge >= 0.3 is 0 Å². The van der Waals surface area contributed by atoms with Crippen LogP contribution in [0.3, 0.4) is 0 Å². The van der Waals surface area contributed by atoms with Gasteiger partial charge in [-0.2, -0.15) is 0 Å². The molecular formula is C33H39F5. The third-order valence-electron chi connectivity index (χ3n) is 7.12. The van der Waals surface area contributed by atoms with Gasteiger partial charge < -0.3 is 0 Å². The van der Waals surface area contributed by atoms with Crippen molar-refractivity contribution < 1.29 is 22.0 Å². The second-order valence-corrected chi connectivity index (χ2v) is 10.3. The lowest BCUT2D eigenvalue weighted by Crippen LogP contribution is -2.20. The van der Waals surface area contributed by atoms with Crippen molar-refractivity contribution in [1.82, 2.24) is 0 Å². The number of benzene rings is 3. The molecule has 0 N–H and O–H groups in total. The summed E-state index contributed by atoms with van der Waals surface area (Å²) >= 11 is 0. The molecule has 206 valence electrons. The molecule has 0 atom stereocenters. The van der Waals surface area contributed by atoms with Crippen molar-refractivity contribution in [2.24, 2.45) is 0 Å². The Morgan fingerprint density at radius 1 is 0.605 bits per heavy atom. The van der Waals surface area contributed by atoms with E-state index in [9.17, 15) is 17.6 Å². The Labute approximate surface area is 224 Å². The van der Waals surface area contributed by atoms with Crippen LogP contribution in [0.2, 0.25) is 0 Å². The highest BCUT2D eigenvalue weighted by atomic mass is 19.3. The molecule has 0 unspecified atom stereocenters. The number of hydrogen-bond donors (Lipinski definition) is 0. The van der Waals surface area contributed by atoms with Crippen molar-refractivity contribution in [3.05, 3.63) is 83.2 Å². The van der Waals surface area contributed by atoms with Gasteiger partial charge in [0.25, 0.3) is 5.92 Å².